The standard InChI is InChI=1S/C24H29ClN2O2/c1-29-22-9-7-21(8-10-22)27-15-11-20(12-16-27)26-23(28)24(13-2-3-14-24)18-5-4-6-19(25)17-18/h4-10,17,20H,2-3,11-16H2,1H3,(H,26,28). The summed E-state index contributed by atoms with van der Waals surface area (Å²) in [5, 5.41) is 4.08. The third kappa shape index (κ3) is 4.23. The van der Waals surface area contributed by atoms with Gasteiger partial charge in [-0.05, 0) is 67.6 Å². The van der Waals surface area contributed by atoms with Gasteiger partial charge in [0.15, 0.2) is 0 Å². The van der Waals surface area contributed by atoms with Gasteiger partial charge in [-0.1, -0.05) is 36.6 Å². The van der Waals surface area contributed by atoms with E-state index in [2.05, 4.69) is 28.4 Å². The first-order chi connectivity index (χ1) is 14.1. The molecular weight excluding hydrogens is 384 g/mol. The molecule has 2 fully saturated rings. The van der Waals surface area contributed by atoms with Crippen molar-refractivity contribution in [3.05, 3.63) is 59.1 Å². The van der Waals surface area contributed by atoms with Crippen molar-refractivity contribution >= 4 is 23.2 Å². The van der Waals surface area contributed by atoms with Gasteiger partial charge >= 0.3 is 0 Å². The van der Waals surface area contributed by atoms with E-state index in [4.69, 9.17) is 16.3 Å². The highest BCUT2D eigenvalue weighted by Crippen LogP contribution is 2.42. The summed E-state index contributed by atoms with van der Waals surface area (Å²) in [5.41, 5.74) is 1.86. The van der Waals surface area contributed by atoms with Gasteiger partial charge in [0.2, 0.25) is 5.91 Å². The van der Waals surface area contributed by atoms with Gasteiger partial charge < -0.3 is 15.0 Å². The number of carbonyl (C=O) groups excluding carboxylic acids is 1. The number of hydrogen-bond acceptors (Lipinski definition) is 3. The zero-order valence-corrected chi connectivity index (χ0v) is 17.8. The average molecular weight is 413 g/mol. The molecule has 29 heavy (non-hydrogen) atoms. The van der Waals surface area contributed by atoms with Crippen LogP contribution in [0.1, 0.15) is 44.1 Å². The number of ether oxygens (including phenoxy) is 1. The summed E-state index contributed by atoms with van der Waals surface area (Å²) in [6.45, 7) is 1.89. The van der Waals surface area contributed by atoms with Crippen LogP contribution in [0.2, 0.25) is 5.02 Å². The second-order valence-corrected chi connectivity index (χ2v) is 8.67. The Kier molecular flexibility index (Phi) is 6.00. The molecular formula is C24H29ClN2O2. The molecule has 5 heteroatoms. The van der Waals surface area contributed by atoms with Crippen molar-refractivity contribution in [2.75, 3.05) is 25.1 Å². The first-order valence-electron chi connectivity index (χ1n) is 10.6. The van der Waals surface area contributed by atoms with E-state index in [0.717, 1.165) is 62.9 Å². The molecule has 1 amide bonds. The highest BCUT2D eigenvalue weighted by Gasteiger charge is 2.43. The molecule has 0 unspecified atom stereocenters. The lowest BCUT2D eigenvalue weighted by Crippen LogP contribution is -2.50. The number of hydrogen-bond donors (Lipinski definition) is 1. The summed E-state index contributed by atoms with van der Waals surface area (Å²) < 4.78 is 5.25. The third-order valence-corrected chi connectivity index (χ3v) is 6.77. The van der Waals surface area contributed by atoms with E-state index in [0.29, 0.717) is 5.02 Å². The second kappa shape index (κ2) is 8.66. The van der Waals surface area contributed by atoms with Crippen LogP contribution in [0.5, 0.6) is 5.75 Å². The summed E-state index contributed by atoms with van der Waals surface area (Å²) in [4.78, 5) is 15.8. The predicted octanol–water partition coefficient (Wildman–Crippen LogP) is 4.95. The summed E-state index contributed by atoms with van der Waals surface area (Å²) >= 11 is 6.23. The van der Waals surface area contributed by atoms with E-state index < -0.39 is 5.41 Å². The number of carbonyl (C=O) groups is 1. The molecule has 4 rings (SSSR count). The zero-order valence-electron chi connectivity index (χ0n) is 17.0. The fraction of sp³-hybridized carbons (Fsp3) is 0.458. The molecule has 1 aliphatic carbocycles. The maximum absolute atomic E-state index is 13.4. The van der Waals surface area contributed by atoms with Gasteiger partial charge in [-0.3, -0.25) is 4.79 Å². The minimum atomic E-state index is -0.419. The van der Waals surface area contributed by atoms with Crippen molar-refractivity contribution in [2.45, 2.75) is 50.0 Å². The summed E-state index contributed by atoms with van der Waals surface area (Å²) in [5.74, 6) is 1.05. The van der Waals surface area contributed by atoms with Gasteiger partial charge in [-0.15, -0.1) is 0 Å². The second-order valence-electron chi connectivity index (χ2n) is 8.23. The number of methoxy groups -OCH3 is 1. The van der Waals surface area contributed by atoms with Crippen LogP contribution >= 0.6 is 11.6 Å². The SMILES string of the molecule is COc1ccc(N2CCC(NC(=O)C3(c4cccc(Cl)c4)CCCC3)CC2)cc1. The maximum Gasteiger partial charge on any atom is 0.230 e. The Labute approximate surface area is 178 Å². The summed E-state index contributed by atoms with van der Waals surface area (Å²) in [7, 11) is 1.68. The number of piperidine rings is 1. The van der Waals surface area contributed by atoms with Gasteiger partial charge in [0.05, 0.1) is 12.5 Å². The van der Waals surface area contributed by atoms with Crippen LogP contribution in [0.15, 0.2) is 48.5 Å². The number of amides is 1. The molecule has 1 saturated carbocycles. The fourth-order valence-corrected chi connectivity index (χ4v) is 5.00. The monoisotopic (exact) mass is 412 g/mol. The normalized spacial score (nSPS) is 19.2. The predicted molar refractivity (Wildman–Crippen MR) is 118 cm³/mol. The molecule has 0 atom stereocenters. The molecule has 2 aromatic carbocycles. The Balaban J connectivity index is 1.39. The maximum atomic E-state index is 13.4. The van der Waals surface area contributed by atoms with Crippen molar-refractivity contribution < 1.29 is 9.53 Å². The van der Waals surface area contributed by atoms with E-state index in [9.17, 15) is 4.79 Å². The van der Waals surface area contributed by atoms with E-state index in [1.807, 2.05) is 30.3 Å². The van der Waals surface area contributed by atoms with Crippen molar-refractivity contribution in [1.82, 2.24) is 5.32 Å². The van der Waals surface area contributed by atoms with Crippen molar-refractivity contribution in [2.24, 2.45) is 0 Å². The molecule has 2 aliphatic rings. The van der Waals surface area contributed by atoms with E-state index in [1.165, 1.54) is 5.69 Å². The van der Waals surface area contributed by atoms with E-state index in [-0.39, 0.29) is 11.9 Å². The fourth-order valence-electron chi connectivity index (χ4n) is 4.81. The molecule has 0 spiro atoms. The largest absolute Gasteiger partial charge is 0.497 e. The zero-order chi connectivity index (χ0) is 20.3. The quantitative estimate of drug-likeness (QED) is 0.755. The van der Waals surface area contributed by atoms with Gasteiger partial charge in [0.25, 0.3) is 0 Å². The minimum absolute atomic E-state index is 0.181. The smallest absolute Gasteiger partial charge is 0.230 e. The van der Waals surface area contributed by atoms with Crippen LogP contribution < -0.4 is 15.0 Å². The third-order valence-electron chi connectivity index (χ3n) is 6.54. The van der Waals surface area contributed by atoms with E-state index in [1.54, 1.807) is 7.11 Å². The number of nitrogens with zero attached hydrogens (tertiary/aromatic N) is 1. The molecule has 4 nitrogen and oxygen atoms in total. The number of benzene rings is 2. The van der Waals surface area contributed by atoms with Crippen molar-refractivity contribution in [3.8, 4) is 5.75 Å². The first-order valence-corrected chi connectivity index (χ1v) is 10.9. The van der Waals surface area contributed by atoms with Crippen molar-refractivity contribution in [1.29, 1.82) is 0 Å². The van der Waals surface area contributed by atoms with Gasteiger partial charge in [0, 0.05) is 29.8 Å². The van der Waals surface area contributed by atoms with Crippen LogP contribution in [-0.4, -0.2) is 32.1 Å². The highest BCUT2D eigenvalue weighted by atomic mass is 35.5. The Bertz CT molecular complexity index is 838. The Morgan fingerprint density at radius 3 is 2.41 bits per heavy atom. The van der Waals surface area contributed by atoms with Crippen LogP contribution in [0.25, 0.3) is 0 Å². The number of halogens is 1. The van der Waals surface area contributed by atoms with Crippen LogP contribution in [0, 0.1) is 0 Å². The Hall–Kier alpha value is -2.20. The summed E-state index contributed by atoms with van der Waals surface area (Å²) in [6, 6.07) is 16.3. The van der Waals surface area contributed by atoms with Gasteiger partial charge in [-0.25, -0.2) is 0 Å². The lowest BCUT2D eigenvalue weighted by Gasteiger charge is -2.36. The van der Waals surface area contributed by atoms with Crippen LogP contribution in [-0.2, 0) is 10.2 Å². The Morgan fingerprint density at radius 1 is 1.10 bits per heavy atom. The van der Waals surface area contributed by atoms with Gasteiger partial charge in [0.1, 0.15) is 5.75 Å². The minimum Gasteiger partial charge on any atom is -0.497 e. The molecule has 0 radical (unpaired) electrons. The highest BCUT2D eigenvalue weighted by molar-refractivity contribution is 6.30. The topological polar surface area (TPSA) is 41.6 Å². The molecule has 1 aliphatic heterocycles. The number of anilines is 1. The Morgan fingerprint density at radius 2 is 1.79 bits per heavy atom. The van der Waals surface area contributed by atoms with Crippen LogP contribution in [0.4, 0.5) is 5.69 Å². The average Bonchev–Trinajstić information content (AvgIpc) is 3.26. The lowest BCUT2D eigenvalue weighted by molar-refractivity contribution is -0.127. The van der Waals surface area contributed by atoms with Crippen LogP contribution in [0.3, 0.4) is 0 Å². The number of rotatable bonds is 5. The lowest BCUT2D eigenvalue weighted by atomic mass is 9.77. The van der Waals surface area contributed by atoms with Crippen molar-refractivity contribution in [3.63, 3.8) is 0 Å². The van der Waals surface area contributed by atoms with Gasteiger partial charge in [-0.2, -0.15) is 0 Å². The molecule has 2 aromatic rings. The summed E-state index contributed by atoms with van der Waals surface area (Å²) in [6.07, 6.45) is 5.92. The van der Waals surface area contributed by atoms with E-state index >= 15 is 0 Å². The molecule has 1 saturated heterocycles. The number of nitrogens with one attached hydrogen (secondary N) is 1. The molecule has 1 N–H and O–H groups in total. The molecule has 0 aromatic heterocycles. The molecule has 1 heterocycles. The molecule has 154 valence electrons. The molecule has 0 bridgehead atoms. The first kappa shape index (κ1) is 20.1.